The largest absolute Gasteiger partial charge is 0.471 e. The fourth-order valence-electron chi connectivity index (χ4n) is 1.15. The van der Waals surface area contributed by atoms with E-state index in [1.807, 2.05) is 0 Å². The highest BCUT2D eigenvalue weighted by Crippen LogP contribution is 2.20. The van der Waals surface area contributed by atoms with E-state index in [0.29, 0.717) is 4.90 Å². The van der Waals surface area contributed by atoms with Gasteiger partial charge in [0, 0.05) is 7.05 Å². The maximum absolute atomic E-state index is 12.0. The highest BCUT2D eigenvalue weighted by Gasteiger charge is 2.43. The number of alkyl halides is 4. The Labute approximate surface area is 93.7 Å². The van der Waals surface area contributed by atoms with Gasteiger partial charge in [-0.2, -0.15) is 13.2 Å². The number of halogens is 4. The van der Waals surface area contributed by atoms with Gasteiger partial charge in [0.05, 0.1) is 11.4 Å². The minimum Gasteiger partial charge on any atom is -0.328 e. The molecule has 0 bridgehead atoms. The van der Waals surface area contributed by atoms with Crippen molar-refractivity contribution >= 4 is 27.6 Å². The zero-order valence-electron chi connectivity index (χ0n) is 8.27. The SMILES string of the molecule is CCC(C(=O)CBr)N(C)C(=O)C(F)(F)F. The van der Waals surface area contributed by atoms with E-state index in [9.17, 15) is 22.8 Å². The molecule has 0 rings (SSSR count). The summed E-state index contributed by atoms with van der Waals surface area (Å²) in [6.45, 7) is 1.55. The highest BCUT2D eigenvalue weighted by atomic mass is 79.9. The first-order valence-corrected chi connectivity index (χ1v) is 5.30. The Balaban J connectivity index is 4.74. The maximum Gasteiger partial charge on any atom is 0.471 e. The lowest BCUT2D eigenvalue weighted by molar-refractivity contribution is -0.186. The number of carbonyl (C=O) groups excluding carboxylic acids is 2. The molecule has 0 aromatic carbocycles. The first-order chi connectivity index (χ1) is 6.75. The maximum atomic E-state index is 12.0. The van der Waals surface area contributed by atoms with Gasteiger partial charge in [-0.15, -0.1) is 0 Å². The van der Waals surface area contributed by atoms with E-state index in [2.05, 4.69) is 15.9 Å². The number of rotatable bonds is 4. The van der Waals surface area contributed by atoms with Crippen molar-refractivity contribution in [2.24, 2.45) is 0 Å². The number of hydrogen-bond donors (Lipinski definition) is 0. The van der Waals surface area contributed by atoms with Gasteiger partial charge in [-0.25, -0.2) is 0 Å². The van der Waals surface area contributed by atoms with Crippen LogP contribution in [0.1, 0.15) is 13.3 Å². The number of Topliss-reactive ketones (excluding diaryl/α,β-unsaturated/α-hetero) is 1. The third-order valence-corrected chi connectivity index (χ3v) is 2.47. The van der Waals surface area contributed by atoms with Crippen LogP contribution in [0.3, 0.4) is 0 Å². The molecule has 0 heterocycles. The standard InChI is InChI=1S/C8H11BrF3NO2/c1-3-5(6(14)4-9)13(2)7(15)8(10,11)12/h5H,3-4H2,1-2H3. The second-order valence-corrected chi connectivity index (χ2v) is 3.50. The Morgan fingerprint density at radius 3 is 2.13 bits per heavy atom. The molecular formula is C8H11BrF3NO2. The lowest BCUT2D eigenvalue weighted by atomic mass is 10.1. The number of carbonyl (C=O) groups is 2. The van der Waals surface area contributed by atoms with Crippen LogP contribution in [0.4, 0.5) is 13.2 Å². The zero-order chi connectivity index (χ0) is 12.2. The number of nitrogens with zero attached hydrogens (tertiary/aromatic N) is 1. The van der Waals surface area contributed by atoms with E-state index in [1.165, 1.54) is 0 Å². The van der Waals surface area contributed by atoms with Crippen molar-refractivity contribution in [3.05, 3.63) is 0 Å². The molecule has 0 aliphatic heterocycles. The van der Waals surface area contributed by atoms with Crippen LogP contribution in [0.25, 0.3) is 0 Å². The molecular weight excluding hydrogens is 279 g/mol. The van der Waals surface area contributed by atoms with Crippen LogP contribution >= 0.6 is 15.9 Å². The predicted octanol–water partition coefficient (Wildman–Crippen LogP) is 1.75. The van der Waals surface area contributed by atoms with Crippen LogP contribution in [0.15, 0.2) is 0 Å². The van der Waals surface area contributed by atoms with Crippen molar-refractivity contribution < 1.29 is 22.8 Å². The summed E-state index contributed by atoms with van der Waals surface area (Å²) in [4.78, 5) is 22.5. The molecule has 0 aromatic heterocycles. The van der Waals surface area contributed by atoms with Gasteiger partial charge < -0.3 is 4.90 Å². The molecule has 0 aliphatic rings. The summed E-state index contributed by atoms with van der Waals surface area (Å²) in [5.41, 5.74) is 0. The van der Waals surface area contributed by atoms with Crippen LogP contribution in [0.5, 0.6) is 0 Å². The summed E-state index contributed by atoms with van der Waals surface area (Å²) in [5.74, 6) is -2.44. The minimum atomic E-state index is -4.94. The topological polar surface area (TPSA) is 37.4 Å². The second-order valence-electron chi connectivity index (χ2n) is 2.94. The Hall–Kier alpha value is -0.590. The molecule has 0 radical (unpaired) electrons. The molecule has 0 fully saturated rings. The summed E-state index contributed by atoms with van der Waals surface area (Å²) in [6, 6.07) is -1.03. The van der Waals surface area contributed by atoms with Gasteiger partial charge in [0.15, 0.2) is 5.78 Å². The lowest BCUT2D eigenvalue weighted by Gasteiger charge is -2.26. The van der Waals surface area contributed by atoms with Crippen molar-refractivity contribution in [3.8, 4) is 0 Å². The molecule has 0 saturated heterocycles. The van der Waals surface area contributed by atoms with Gasteiger partial charge in [-0.3, -0.25) is 9.59 Å². The van der Waals surface area contributed by atoms with Gasteiger partial charge in [0.25, 0.3) is 0 Å². The van der Waals surface area contributed by atoms with E-state index in [1.54, 1.807) is 6.92 Å². The van der Waals surface area contributed by atoms with Gasteiger partial charge in [-0.1, -0.05) is 22.9 Å². The van der Waals surface area contributed by atoms with Crippen molar-refractivity contribution in [1.29, 1.82) is 0 Å². The number of hydrogen-bond acceptors (Lipinski definition) is 2. The smallest absolute Gasteiger partial charge is 0.328 e. The molecule has 1 amide bonds. The normalized spacial score (nSPS) is 13.5. The molecule has 3 nitrogen and oxygen atoms in total. The summed E-state index contributed by atoms with van der Waals surface area (Å²) in [5, 5.41) is -0.0685. The monoisotopic (exact) mass is 289 g/mol. The molecule has 15 heavy (non-hydrogen) atoms. The first kappa shape index (κ1) is 14.4. The first-order valence-electron chi connectivity index (χ1n) is 4.18. The van der Waals surface area contributed by atoms with Crippen LogP contribution in [0.2, 0.25) is 0 Å². The van der Waals surface area contributed by atoms with E-state index >= 15 is 0 Å². The fourth-order valence-corrected chi connectivity index (χ4v) is 1.52. The lowest BCUT2D eigenvalue weighted by Crippen LogP contribution is -2.48. The van der Waals surface area contributed by atoms with Crippen LogP contribution in [-0.4, -0.2) is 41.2 Å². The average molecular weight is 290 g/mol. The van der Waals surface area contributed by atoms with E-state index < -0.39 is 23.9 Å². The number of ketones is 1. The Kier molecular flexibility index (Phi) is 5.27. The molecule has 7 heteroatoms. The predicted molar refractivity (Wildman–Crippen MR) is 51.7 cm³/mol. The Morgan fingerprint density at radius 2 is 1.87 bits per heavy atom. The van der Waals surface area contributed by atoms with Gasteiger partial charge in [0.1, 0.15) is 0 Å². The zero-order valence-corrected chi connectivity index (χ0v) is 9.85. The summed E-state index contributed by atoms with van der Waals surface area (Å²) in [7, 11) is 0.977. The molecule has 0 aromatic rings. The van der Waals surface area contributed by atoms with Crippen LogP contribution in [0, 0.1) is 0 Å². The second kappa shape index (κ2) is 5.48. The van der Waals surface area contributed by atoms with E-state index in [0.717, 1.165) is 7.05 Å². The molecule has 88 valence electrons. The molecule has 1 atom stereocenters. The third kappa shape index (κ3) is 3.81. The minimum absolute atomic E-state index is 0.0685. The number of amides is 1. The fraction of sp³-hybridized carbons (Fsp3) is 0.750. The summed E-state index contributed by atoms with van der Waals surface area (Å²) >= 11 is 2.86. The van der Waals surface area contributed by atoms with Crippen LogP contribution in [-0.2, 0) is 9.59 Å². The van der Waals surface area contributed by atoms with Crippen LogP contribution < -0.4 is 0 Å². The van der Waals surface area contributed by atoms with E-state index in [-0.39, 0.29) is 11.8 Å². The average Bonchev–Trinajstić information content (AvgIpc) is 2.15. The van der Waals surface area contributed by atoms with Crippen molar-refractivity contribution in [1.82, 2.24) is 4.90 Å². The number of likely N-dealkylation sites (N-methyl/N-ethyl adjacent to an activating group) is 1. The molecule has 0 spiro atoms. The molecule has 0 N–H and O–H groups in total. The summed E-state index contributed by atoms with van der Waals surface area (Å²) in [6.07, 6.45) is -4.78. The van der Waals surface area contributed by atoms with Crippen molar-refractivity contribution in [2.45, 2.75) is 25.6 Å². The molecule has 1 unspecified atom stereocenters. The van der Waals surface area contributed by atoms with E-state index in [4.69, 9.17) is 0 Å². The third-order valence-electron chi connectivity index (χ3n) is 1.92. The van der Waals surface area contributed by atoms with Crippen molar-refractivity contribution in [2.75, 3.05) is 12.4 Å². The van der Waals surface area contributed by atoms with Gasteiger partial charge in [-0.05, 0) is 6.42 Å². The quantitative estimate of drug-likeness (QED) is 0.740. The highest BCUT2D eigenvalue weighted by molar-refractivity contribution is 9.09. The Morgan fingerprint density at radius 1 is 1.40 bits per heavy atom. The molecule has 0 saturated carbocycles. The Bertz CT molecular complexity index is 255. The summed E-state index contributed by atoms with van der Waals surface area (Å²) < 4.78 is 36.1. The van der Waals surface area contributed by atoms with Gasteiger partial charge >= 0.3 is 12.1 Å². The van der Waals surface area contributed by atoms with Gasteiger partial charge in [0.2, 0.25) is 0 Å². The molecule has 0 aliphatic carbocycles. The van der Waals surface area contributed by atoms with Crippen molar-refractivity contribution in [3.63, 3.8) is 0 Å².